The Bertz CT molecular complexity index is 514. The summed E-state index contributed by atoms with van der Waals surface area (Å²) < 4.78 is 22.5. The van der Waals surface area contributed by atoms with Crippen molar-refractivity contribution in [3.05, 3.63) is 29.8 Å². The Morgan fingerprint density at radius 2 is 1.81 bits per heavy atom. The molecule has 16 heavy (non-hydrogen) atoms. The van der Waals surface area contributed by atoms with E-state index in [1.165, 1.54) is 6.26 Å². The van der Waals surface area contributed by atoms with Gasteiger partial charge >= 0.3 is 0 Å². The van der Waals surface area contributed by atoms with Crippen LogP contribution >= 0.6 is 0 Å². The molecule has 2 atom stereocenters. The number of benzene rings is 1. The summed E-state index contributed by atoms with van der Waals surface area (Å²) in [5, 5.41) is 0. The van der Waals surface area contributed by atoms with Crippen molar-refractivity contribution in [2.24, 2.45) is 5.92 Å². The van der Waals surface area contributed by atoms with Crippen LogP contribution < -0.4 is 0 Å². The molecule has 3 nitrogen and oxygen atoms in total. The molecule has 0 N–H and O–H groups in total. The minimum Gasteiger partial charge on any atom is -0.300 e. The molecule has 1 saturated carbocycles. The summed E-state index contributed by atoms with van der Waals surface area (Å²) >= 11 is 0. The third kappa shape index (κ3) is 2.16. The third-order valence-corrected chi connectivity index (χ3v) is 4.18. The largest absolute Gasteiger partial charge is 0.300 e. The van der Waals surface area contributed by atoms with Gasteiger partial charge in [0.05, 0.1) is 4.90 Å². The van der Waals surface area contributed by atoms with Crippen LogP contribution in [0.2, 0.25) is 0 Å². The van der Waals surface area contributed by atoms with Crippen LogP contribution in [-0.2, 0) is 14.6 Å². The van der Waals surface area contributed by atoms with Gasteiger partial charge < -0.3 is 0 Å². The average Bonchev–Trinajstić information content (AvgIpc) is 2.96. The smallest absolute Gasteiger partial charge is 0.175 e. The molecule has 1 fully saturated rings. The molecule has 86 valence electrons. The number of hydrogen-bond acceptors (Lipinski definition) is 3. The highest BCUT2D eigenvalue weighted by Gasteiger charge is 2.41. The molecule has 1 aromatic carbocycles. The van der Waals surface area contributed by atoms with Gasteiger partial charge in [0.15, 0.2) is 9.84 Å². The lowest BCUT2D eigenvalue weighted by molar-refractivity contribution is -0.118. The fourth-order valence-electron chi connectivity index (χ4n) is 1.97. The molecule has 0 spiro atoms. The maximum atomic E-state index is 11.2. The number of Topliss-reactive ketones (excluding diaryl/α,β-unsaturated/α-hetero) is 1. The van der Waals surface area contributed by atoms with Crippen molar-refractivity contribution in [3.63, 3.8) is 0 Å². The van der Waals surface area contributed by atoms with Gasteiger partial charge in [-0.1, -0.05) is 12.1 Å². The van der Waals surface area contributed by atoms with Crippen LogP contribution in [0.25, 0.3) is 0 Å². The van der Waals surface area contributed by atoms with E-state index in [0.717, 1.165) is 12.0 Å². The van der Waals surface area contributed by atoms with Crippen molar-refractivity contribution in [3.8, 4) is 0 Å². The van der Waals surface area contributed by atoms with Crippen LogP contribution in [0.1, 0.15) is 24.8 Å². The van der Waals surface area contributed by atoms with E-state index in [2.05, 4.69) is 0 Å². The summed E-state index contributed by atoms with van der Waals surface area (Å²) in [5.41, 5.74) is 1.06. The zero-order chi connectivity index (χ0) is 11.9. The maximum Gasteiger partial charge on any atom is 0.175 e. The molecule has 0 unspecified atom stereocenters. The molecule has 1 aliphatic carbocycles. The zero-order valence-electron chi connectivity index (χ0n) is 9.30. The molecule has 0 aromatic heterocycles. The average molecular weight is 238 g/mol. The fraction of sp³-hybridized carbons (Fsp3) is 0.417. The summed E-state index contributed by atoms with van der Waals surface area (Å²) in [4.78, 5) is 11.4. The summed E-state index contributed by atoms with van der Waals surface area (Å²) in [6.07, 6.45) is 2.09. The predicted molar refractivity (Wildman–Crippen MR) is 61.1 cm³/mol. The highest BCUT2D eigenvalue weighted by molar-refractivity contribution is 7.90. The molecule has 0 bridgehead atoms. The molecule has 0 amide bonds. The Hall–Kier alpha value is -1.16. The molecular formula is C12H14O3S. The van der Waals surface area contributed by atoms with Gasteiger partial charge in [-0.2, -0.15) is 0 Å². The Kier molecular flexibility index (Phi) is 2.62. The zero-order valence-corrected chi connectivity index (χ0v) is 10.1. The molecule has 2 rings (SSSR count). The molecular weight excluding hydrogens is 224 g/mol. The number of rotatable bonds is 3. The minimum absolute atomic E-state index is 0.143. The molecule has 0 heterocycles. The van der Waals surface area contributed by atoms with Gasteiger partial charge in [0.25, 0.3) is 0 Å². The van der Waals surface area contributed by atoms with Crippen LogP contribution in [0.15, 0.2) is 29.2 Å². The highest BCUT2D eigenvalue weighted by Crippen LogP contribution is 2.47. The number of sulfone groups is 1. The lowest BCUT2D eigenvalue weighted by atomic mass is 10.1. The number of carbonyl (C=O) groups excluding carboxylic acids is 1. The maximum absolute atomic E-state index is 11.2. The van der Waals surface area contributed by atoms with E-state index in [-0.39, 0.29) is 11.7 Å². The second-order valence-corrected chi connectivity index (χ2v) is 6.42. The van der Waals surface area contributed by atoms with E-state index in [1.54, 1.807) is 19.1 Å². The second-order valence-electron chi connectivity index (χ2n) is 4.40. The summed E-state index contributed by atoms with van der Waals surface area (Å²) in [6.45, 7) is 1.61. The standard InChI is InChI=1S/C12H14O3S/c1-8(13)11-7-12(11)9-3-5-10(6-4-9)16(2,14)15/h3-6,11-12H,7H2,1-2H3/t11-,12-/m0/s1. The first-order valence-electron chi connectivity index (χ1n) is 5.20. The van der Waals surface area contributed by atoms with E-state index in [4.69, 9.17) is 0 Å². The summed E-state index contributed by atoms with van der Waals surface area (Å²) in [5.74, 6) is 0.660. The van der Waals surface area contributed by atoms with Crippen molar-refractivity contribution in [2.75, 3.05) is 6.26 Å². The van der Waals surface area contributed by atoms with Crippen molar-refractivity contribution in [2.45, 2.75) is 24.2 Å². The summed E-state index contributed by atoms with van der Waals surface area (Å²) in [6, 6.07) is 6.84. The third-order valence-electron chi connectivity index (χ3n) is 3.05. The molecule has 1 aromatic rings. The van der Waals surface area contributed by atoms with Crippen LogP contribution in [0, 0.1) is 5.92 Å². The molecule has 0 radical (unpaired) electrons. The monoisotopic (exact) mass is 238 g/mol. The van der Waals surface area contributed by atoms with Crippen LogP contribution in [0.5, 0.6) is 0 Å². The topological polar surface area (TPSA) is 51.2 Å². The van der Waals surface area contributed by atoms with Crippen LogP contribution in [0.3, 0.4) is 0 Å². The lowest BCUT2D eigenvalue weighted by Crippen LogP contribution is -1.98. The first kappa shape index (κ1) is 11.3. The van der Waals surface area contributed by atoms with Gasteiger partial charge in [-0.25, -0.2) is 8.42 Å². The van der Waals surface area contributed by atoms with Crippen molar-refractivity contribution >= 4 is 15.6 Å². The predicted octanol–water partition coefficient (Wildman–Crippen LogP) is 1.78. The van der Waals surface area contributed by atoms with E-state index < -0.39 is 9.84 Å². The van der Waals surface area contributed by atoms with Gasteiger partial charge in [-0.3, -0.25) is 4.79 Å². The number of ketones is 1. The SMILES string of the molecule is CC(=O)[C@@H]1C[C@H]1c1ccc(S(C)(=O)=O)cc1. The van der Waals surface area contributed by atoms with Gasteiger partial charge in [0, 0.05) is 12.2 Å². The van der Waals surface area contributed by atoms with Crippen molar-refractivity contribution < 1.29 is 13.2 Å². The Labute approximate surface area is 95.4 Å². The fourth-order valence-corrected chi connectivity index (χ4v) is 2.61. The highest BCUT2D eigenvalue weighted by atomic mass is 32.2. The van der Waals surface area contributed by atoms with Gasteiger partial charge in [-0.15, -0.1) is 0 Å². The molecule has 4 heteroatoms. The van der Waals surface area contributed by atoms with Crippen molar-refractivity contribution in [1.82, 2.24) is 0 Å². The van der Waals surface area contributed by atoms with E-state index in [0.29, 0.717) is 10.8 Å². The number of hydrogen-bond donors (Lipinski definition) is 0. The van der Waals surface area contributed by atoms with E-state index >= 15 is 0 Å². The van der Waals surface area contributed by atoms with Gasteiger partial charge in [0.2, 0.25) is 0 Å². The molecule has 0 saturated heterocycles. The quantitative estimate of drug-likeness (QED) is 0.806. The second kappa shape index (κ2) is 3.70. The van der Waals surface area contributed by atoms with Gasteiger partial charge in [-0.05, 0) is 37.0 Å². The summed E-state index contributed by atoms with van der Waals surface area (Å²) in [7, 11) is -3.12. The first-order chi connectivity index (χ1) is 7.39. The number of carbonyl (C=O) groups is 1. The van der Waals surface area contributed by atoms with Crippen LogP contribution in [0.4, 0.5) is 0 Å². The van der Waals surface area contributed by atoms with Gasteiger partial charge in [0.1, 0.15) is 5.78 Å². The molecule has 1 aliphatic rings. The lowest BCUT2D eigenvalue weighted by Gasteiger charge is -2.01. The van der Waals surface area contributed by atoms with E-state index in [9.17, 15) is 13.2 Å². The Morgan fingerprint density at radius 1 is 1.25 bits per heavy atom. The molecule has 0 aliphatic heterocycles. The first-order valence-corrected chi connectivity index (χ1v) is 7.09. The van der Waals surface area contributed by atoms with Crippen molar-refractivity contribution in [1.29, 1.82) is 0 Å². The minimum atomic E-state index is -3.12. The Morgan fingerprint density at radius 3 is 2.19 bits per heavy atom. The van der Waals surface area contributed by atoms with Crippen LogP contribution in [-0.4, -0.2) is 20.5 Å². The Balaban J connectivity index is 2.19. The normalized spacial score (nSPS) is 24.1. The van der Waals surface area contributed by atoms with E-state index in [1.807, 2.05) is 12.1 Å².